The van der Waals surface area contributed by atoms with Gasteiger partial charge in [0.25, 0.3) is 0 Å². The van der Waals surface area contributed by atoms with Crippen molar-refractivity contribution in [3.8, 4) is 0 Å². The van der Waals surface area contributed by atoms with Crippen molar-refractivity contribution in [1.29, 1.82) is 0 Å². The minimum absolute atomic E-state index is 0.107. The second-order valence-corrected chi connectivity index (χ2v) is 33.8. The molecule has 0 aliphatic rings. The molecule has 600 valence electrons. The molecule has 0 aliphatic heterocycles. The van der Waals surface area contributed by atoms with Gasteiger partial charge in [-0.05, 0) is 43.4 Å². The Morgan fingerprint density at radius 3 is 0.673 bits per heavy atom. The molecule has 0 aliphatic carbocycles. The van der Waals surface area contributed by atoms with Gasteiger partial charge in [0.05, 0.1) is 26.4 Å². The van der Waals surface area contributed by atoms with Crippen LogP contribution in [-0.2, 0) is 65.4 Å². The second-order valence-electron chi connectivity index (χ2n) is 30.9. The molecule has 0 fully saturated rings. The molecule has 3 N–H and O–H groups in total. The molecule has 0 aromatic heterocycles. The van der Waals surface area contributed by atoms with E-state index in [9.17, 15) is 43.2 Å². The highest BCUT2D eigenvalue weighted by molar-refractivity contribution is 7.47. The fraction of sp³-hybridized carbons (Fsp3) is 0.951. The summed E-state index contributed by atoms with van der Waals surface area (Å²) in [5.74, 6) is 0.215. The summed E-state index contributed by atoms with van der Waals surface area (Å²) < 4.78 is 68.8. The van der Waals surface area contributed by atoms with E-state index in [1.165, 1.54) is 238 Å². The van der Waals surface area contributed by atoms with Crippen LogP contribution >= 0.6 is 15.6 Å². The van der Waals surface area contributed by atoms with Gasteiger partial charge in [0.1, 0.15) is 19.3 Å². The van der Waals surface area contributed by atoms with Crippen LogP contribution in [0.25, 0.3) is 0 Å². The molecule has 19 heteroatoms. The lowest BCUT2D eigenvalue weighted by atomic mass is 10.0. The number of esters is 4. The summed E-state index contributed by atoms with van der Waals surface area (Å²) >= 11 is 0. The summed E-state index contributed by atoms with van der Waals surface area (Å²) in [7, 11) is -9.92. The van der Waals surface area contributed by atoms with Gasteiger partial charge in [-0.15, -0.1) is 0 Å². The summed E-state index contributed by atoms with van der Waals surface area (Å²) in [6.07, 6.45) is 61.0. The monoisotopic (exact) mass is 1480 g/mol. The fourth-order valence-corrected chi connectivity index (χ4v) is 14.2. The molecular weight excluding hydrogens is 1320 g/mol. The van der Waals surface area contributed by atoms with Crippen molar-refractivity contribution in [2.75, 3.05) is 39.6 Å². The summed E-state index contributed by atoms with van der Waals surface area (Å²) in [5, 5.41) is 10.7. The van der Waals surface area contributed by atoms with Crippen molar-refractivity contribution in [1.82, 2.24) is 0 Å². The Bertz CT molecular complexity index is 1960. The minimum atomic E-state index is -4.96. The highest BCUT2D eigenvalue weighted by Crippen LogP contribution is 2.45. The van der Waals surface area contributed by atoms with Crippen molar-refractivity contribution in [2.24, 2.45) is 17.8 Å². The normalized spacial score (nSPS) is 14.0. The quantitative estimate of drug-likeness (QED) is 0.0222. The van der Waals surface area contributed by atoms with Crippen LogP contribution in [0.5, 0.6) is 0 Å². The van der Waals surface area contributed by atoms with Gasteiger partial charge in [-0.25, -0.2) is 9.13 Å². The number of ether oxygens (including phenoxy) is 4. The van der Waals surface area contributed by atoms with Crippen LogP contribution in [0.3, 0.4) is 0 Å². The molecule has 0 amide bonds. The standard InChI is InChI=1S/C82H160O17P2/c1-8-9-10-11-12-13-14-15-16-19-22-28-35-42-49-56-63-79(84)92-69-77(98-81(86)65-58-51-44-36-29-23-20-17-18-21-26-32-39-46-53-60-73(2)3)71-96-100(88,89)94-67-76(83)68-95-101(90,91)97-72-78(70-93-80(85)64-57-50-43-38-31-34-41-48-55-62-75(6)7)99-82(87)66-59-52-45-37-30-25-24-27-33-40-47-54-61-74(4)5/h73-78,83H,8-72H2,1-7H3,(H,88,89)(H,90,91)/t76-,77-,78-/m1/s1. The van der Waals surface area contributed by atoms with Crippen LogP contribution in [0.2, 0.25) is 0 Å². The van der Waals surface area contributed by atoms with Gasteiger partial charge in [0.15, 0.2) is 12.2 Å². The summed E-state index contributed by atoms with van der Waals surface area (Å²) in [6, 6.07) is 0. The zero-order valence-corrected chi connectivity index (χ0v) is 68.2. The predicted molar refractivity (Wildman–Crippen MR) is 414 cm³/mol. The second kappa shape index (κ2) is 72.3. The number of carbonyl (C=O) groups is 4. The van der Waals surface area contributed by atoms with Crippen LogP contribution in [0, 0.1) is 17.8 Å². The molecular formula is C82H160O17P2. The van der Waals surface area contributed by atoms with Crippen LogP contribution in [0.1, 0.15) is 427 Å². The van der Waals surface area contributed by atoms with Crippen molar-refractivity contribution in [3.63, 3.8) is 0 Å². The maximum Gasteiger partial charge on any atom is 0.472 e. The number of unbranched alkanes of at least 4 members (excludes halogenated alkanes) is 48. The topological polar surface area (TPSA) is 237 Å². The van der Waals surface area contributed by atoms with Gasteiger partial charge in [-0.1, -0.05) is 376 Å². The lowest BCUT2D eigenvalue weighted by molar-refractivity contribution is -0.161. The molecule has 0 spiro atoms. The molecule has 0 saturated heterocycles. The average molecular weight is 1480 g/mol. The van der Waals surface area contributed by atoms with Crippen LogP contribution in [-0.4, -0.2) is 96.7 Å². The lowest BCUT2D eigenvalue weighted by Crippen LogP contribution is -2.30. The molecule has 101 heavy (non-hydrogen) atoms. The molecule has 0 saturated carbocycles. The Balaban J connectivity index is 5.27. The van der Waals surface area contributed by atoms with E-state index in [-0.39, 0.29) is 25.7 Å². The van der Waals surface area contributed by atoms with Crippen LogP contribution in [0.15, 0.2) is 0 Å². The third kappa shape index (κ3) is 76.1. The first-order valence-electron chi connectivity index (χ1n) is 42.3. The Morgan fingerprint density at radius 2 is 0.455 bits per heavy atom. The largest absolute Gasteiger partial charge is 0.472 e. The Hall–Kier alpha value is -1.94. The number of carbonyl (C=O) groups excluding carboxylic acids is 4. The van der Waals surface area contributed by atoms with E-state index >= 15 is 0 Å². The predicted octanol–water partition coefficient (Wildman–Crippen LogP) is 24.5. The van der Waals surface area contributed by atoms with E-state index in [0.717, 1.165) is 108 Å². The van der Waals surface area contributed by atoms with Gasteiger partial charge < -0.3 is 33.8 Å². The molecule has 0 bridgehead atoms. The van der Waals surface area contributed by atoms with Crippen molar-refractivity contribution in [2.45, 2.75) is 446 Å². The summed E-state index contributed by atoms with van der Waals surface area (Å²) in [4.78, 5) is 73.1. The first-order valence-corrected chi connectivity index (χ1v) is 45.3. The molecule has 17 nitrogen and oxygen atoms in total. The molecule has 0 aromatic carbocycles. The fourth-order valence-electron chi connectivity index (χ4n) is 12.7. The van der Waals surface area contributed by atoms with E-state index < -0.39 is 97.5 Å². The van der Waals surface area contributed by atoms with E-state index in [1.807, 2.05) is 0 Å². The maximum atomic E-state index is 13.1. The Kier molecular flexibility index (Phi) is 70.9. The number of phosphoric acid groups is 2. The highest BCUT2D eigenvalue weighted by Gasteiger charge is 2.30. The smallest absolute Gasteiger partial charge is 0.462 e. The van der Waals surface area contributed by atoms with E-state index in [4.69, 9.17) is 37.0 Å². The maximum absolute atomic E-state index is 13.1. The number of phosphoric ester groups is 2. The Morgan fingerprint density at radius 1 is 0.267 bits per heavy atom. The van der Waals surface area contributed by atoms with Gasteiger partial charge in [-0.2, -0.15) is 0 Å². The molecule has 5 atom stereocenters. The Labute approximate surface area is 619 Å². The van der Waals surface area contributed by atoms with Gasteiger partial charge >= 0.3 is 39.5 Å². The molecule has 0 rings (SSSR count). The third-order valence-corrected chi connectivity index (χ3v) is 21.0. The number of aliphatic hydroxyl groups is 1. The molecule has 2 unspecified atom stereocenters. The average Bonchev–Trinajstić information content (AvgIpc) is 0.941. The van der Waals surface area contributed by atoms with Gasteiger partial charge in [0, 0.05) is 25.7 Å². The summed E-state index contributed by atoms with van der Waals surface area (Å²) in [6.45, 7) is 12.0. The SMILES string of the molecule is CCCCCCCCCCCCCCCCCCC(=O)OC[C@H](COP(=O)(O)OC[C@@H](O)COP(=O)(O)OC[C@@H](COC(=O)CCCCCCCCCCCC(C)C)OC(=O)CCCCCCCCCCCCCCC(C)C)OC(=O)CCCCCCCCCCCCCCCCCC(C)C. The van der Waals surface area contributed by atoms with Gasteiger partial charge in [-0.3, -0.25) is 37.3 Å². The highest BCUT2D eigenvalue weighted by atomic mass is 31.2. The minimum Gasteiger partial charge on any atom is -0.462 e. The number of hydrogen-bond acceptors (Lipinski definition) is 15. The molecule has 0 radical (unpaired) electrons. The molecule has 0 heterocycles. The van der Waals surface area contributed by atoms with Crippen molar-refractivity contribution in [3.05, 3.63) is 0 Å². The van der Waals surface area contributed by atoms with E-state index in [0.29, 0.717) is 25.7 Å². The number of hydrogen-bond donors (Lipinski definition) is 3. The summed E-state index contributed by atoms with van der Waals surface area (Å²) in [5.41, 5.74) is 0. The lowest BCUT2D eigenvalue weighted by Gasteiger charge is -2.21. The van der Waals surface area contributed by atoms with Crippen molar-refractivity contribution >= 4 is 39.5 Å². The molecule has 0 aromatic rings. The van der Waals surface area contributed by atoms with Crippen LogP contribution in [0.4, 0.5) is 0 Å². The number of aliphatic hydroxyl groups excluding tert-OH is 1. The van der Waals surface area contributed by atoms with Crippen molar-refractivity contribution < 1.29 is 80.2 Å². The van der Waals surface area contributed by atoms with Crippen LogP contribution < -0.4 is 0 Å². The third-order valence-electron chi connectivity index (χ3n) is 19.1. The zero-order chi connectivity index (χ0) is 74.4. The zero-order valence-electron chi connectivity index (χ0n) is 66.4. The first-order chi connectivity index (χ1) is 48.7. The van der Waals surface area contributed by atoms with E-state index in [2.05, 4.69) is 48.5 Å². The first kappa shape index (κ1) is 99.1. The van der Waals surface area contributed by atoms with E-state index in [1.54, 1.807) is 0 Å². The van der Waals surface area contributed by atoms with Gasteiger partial charge in [0.2, 0.25) is 0 Å². The number of rotatable bonds is 80.